The molecule has 2 fully saturated rings. The van der Waals surface area contributed by atoms with Crippen LogP contribution in [0.25, 0.3) is 11.3 Å². The molecular formula is C30H22Cl2N2O5. The summed E-state index contributed by atoms with van der Waals surface area (Å²) in [6.45, 7) is 0.598. The quantitative estimate of drug-likeness (QED) is 0.209. The number of hydrogen-bond donors (Lipinski definition) is 0. The van der Waals surface area contributed by atoms with Crippen molar-refractivity contribution < 1.29 is 23.6 Å². The van der Waals surface area contributed by atoms with Crippen LogP contribution in [0.4, 0.5) is 11.4 Å². The predicted molar refractivity (Wildman–Crippen MR) is 146 cm³/mol. The first-order valence-corrected chi connectivity index (χ1v) is 13.5. The molecule has 9 heteroatoms. The number of hydrogen-bond acceptors (Lipinski definition) is 6. The SMILES string of the molecule is O=COc1cccc(N2C(=O)C3(CC3)c3cc(OCc4c(-c5c(Cl)cccc5Cl)noc4C4CC4)ccc32)c1. The van der Waals surface area contributed by atoms with E-state index in [4.69, 9.17) is 37.2 Å². The van der Waals surface area contributed by atoms with Gasteiger partial charge in [-0.1, -0.05) is 40.5 Å². The Kier molecular flexibility index (Phi) is 5.68. The molecule has 1 aliphatic heterocycles. The van der Waals surface area contributed by atoms with E-state index in [0.717, 1.165) is 48.3 Å². The highest BCUT2D eigenvalue weighted by Crippen LogP contribution is 2.59. The van der Waals surface area contributed by atoms with Crippen molar-refractivity contribution in [2.75, 3.05) is 4.90 Å². The first kappa shape index (κ1) is 24.2. The van der Waals surface area contributed by atoms with Crippen LogP contribution < -0.4 is 14.4 Å². The molecule has 0 saturated heterocycles. The highest BCUT2D eigenvalue weighted by Gasteiger charge is 2.59. The van der Waals surface area contributed by atoms with Crippen LogP contribution >= 0.6 is 23.2 Å². The number of carbonyl (C=O) groups excluding carboxylic acids is 2. The Morgan fingerprint density at radius 2 is 1.79 bits per heavy atom. The number of fused-ring (bicyclic) bond motifs is 2. The zero-order valence-electron chi connectivity index (χ0n) is 20.7. The Morgan fingerprint density at radius 3 is 2.51 bits per heavy atom. The van der Waals surface area contributed by atoms with E-state index in [1.807, 2.05) is 24.3 Å². The van der Waals surface area contributed by atoms with Gasteiger partial charge in [0.1, 0.15) is 29.6 Å². The minimum atomic E-state index is -0.553. The largest absolute Gasteiger partial charge is 0.489 e. The van der Waals surface area contributed by atoms with E-state index >= 15 is 0 Å². The van der Waals surface area contributed by atoms with Crippen molar-refractivity contribution in [3.05, 3.63) is 87.6 Å². The van der Waals surface area contributed by atoms with Gasteiger partial charge in [-0.25, -0.2) is 0 Å². The molecule has 1 aromatic heterocycles. The van der Waals surface area contributed by atoms with Gasteiger partial charge in [-0.15, -0.1) is 0 Å². The van der Waals surface area contributed by atoms with Crippen molar-refractivity contribution in [3.63, 3.8) is 0 Å². The third-order valence-electron chi connectivity index (χ3n) is 7.70. The molecule has 196 valence electrons. The van der Waals surface area contributed by atoms with Gasteiger partial charge in [-0.2, -0.15) is 0 Å². The average molecular weight is 561 g/mol. The molecule has 1 spiro atoms. The van der Waals surface area contributed by atoms with Crippen LogP contribution in [0.15, 0.2) is 65.2 Å². The van der Waals surface area contributed by atoms with Gasteiger partial charge < -0.3 is 14.0 Å². The Labute approximate surface area is 234 Å². The van der Waals surface area contributed by atoms with E-state index in [1.165, 1.54) is 0 Å². The molecule has 4 aromatic rings. The number of amides is 1. The minimum absolute atomic E-state index is 0.0172. The monoisotopic (exact) mass is 560 g/mol. The summed E-state index contributed by atoms with van der Waals surface area (Å²) in [5.74, 6) is 2.16. The summed E-state index contributed by atoms with van der Waals surface area (Å²) in [5, 5.41) is 5.33. The Balaban J connectivity index is 1.21. The number of aromatic nitrogens is 1. The van der Waals surface area contributed by atoms with Gasteiger partial charge in [0.15, 0.2) is 0 Å². The third kappa shape index (κ3) is 3.99. The van der Waals surface area contributed by atoms with E-state index in [0.29, 0.717) is 50.9 Å². The van der Waals surface area contributed by atoms with Crippen molar-refractivity contribution in [3.8, 4) is 22.8 Å². The number of rotatable bonds is 8. The molecule has 39 heavy (non-hydrogen) atoms. The predicted octanol–water partition coefficient (Wildman–Crippen LogP) is 7.35. The fraction of sp³-hybridized carbons (Fsp3) is 0.233. The van der Waals surface area contributed by atoms with Crippen LogP contribution in [0.2, 0.25) is 10.0 Å². The van der Waals surface area contributed by atoms with Gasteiger partial charge in [-0.3, -0.25) is 14.5 Å². The van der Waals surface area contributed by atoms with Crippen LogP contribution in [-0.4, -0.2) is 17.5 Å². The summed E-state index contributed by atoms with van der Waals surface area (Å²) >= 11 is 13.0. The van der Waals surface area contributed by atoms with E-state index < -0.39 is 5.41 Å². The maximum Gasteiger partial charge on any atom is 0.298 e. The number of anilines is 2. The molecule has 7 nitrogen and oxygen atoms in total. The second-order valence-corrected chi connectivity index (χ2v) is 11.0. The first-order valence-electron chi connectivity index (χ1n) is 12.8. The summed E-state index contributed by atoms with van der Waals surface area (Å²) in [6.07, 6.45) is 3.62. The first-order chi connectivity index (χ1) is 19.0. The van der Waals surface area contributed by atoms with Crippen molar-refractivity contribution in [2.45, 2.75) is 43.6 Å². The Morgan fingerprint density at radius 1 is 1.03 bits per heavy atom. The lowest BCUT2D eigenvalue weighted by Crippen LogP contribution is -2.27. The van der Waals surface area contributed by atoms with E-state index in [-0.39, 0.29) is 12.5 Å². The molecule has 0 bridgehead atoms. The third-order valence-corrected chi connectivity index (χ3v) is 8.33. The zero-order valence-corrected chi connectivity index (χ0v) is 22.2. The van der Waals surface area contributed by atoms with Gasteiger partial charge in [0.05, 0.1) is 32.4 Å². The summed E-state index contributed by atoms with van der Waals surface area (Å²) < 4.78 is 17.1. The zero-order chi connectivity index (χ0) is 26.7. The van der Waals surface area contributed by atoms with Gasteiger partial charge in [0.25, 0.3) is 6.47 Å². The van der Waals surface area contributed by atoms with E-state index in [2.05, 4.69) is 5.16 Å². The molecule has 3 aliphatic rings. The lowest BCUT2D eigenvalue weighted by Gasteiger charge is -2.19. The molecule has 2 saturated carbocycles. The Hall–Kier alpha value is -3.81. The van der Waals surface area contributed by atoms with E-state index in [9.17, 15) is 9.59 Å². The summed E-state index contributed by atoms with van der Waals surface area (Å²) in [4.78, 5) is 26.1. The van der Waals surface area contributed by atoms with Crippen molar-refractivity contribution >= 4 is 47.0 Å². The number of halogens is 2. The van der Waals surface area contributed by atoms with E-state index in [1.54, 1.807) is 41.3 Å². The van der Waals surface area contributed by atoms with Gasteiger partial charge >= 0.3 is 0 Å². The van der Waals surface area contributed by atoms with Crippen molar-refractivity contribution in [1.82, 2.24) is 5.16 Å². The molecule has 7 rings (SSSR count). The topological polar surface area (TPSA) is 81.9 Å². The summed E-state index contributed by atoms with van der Waals surface area (Å²) in [7, 11) is 0. The number of nitrogens with zero attached hydrogens (tertiary/aromatic N) is 2. The average Bonchev–Trinajstić information content (AvgIpc) is 3.86. The maximum atomic E-state index is 13.6. The molecule has 1 amide bonds. The maximum absolute atomic E-state index is 13.6. The lowest BCUT2D eigenvalue weighted by molar-refractivity contribution is -0.121. The molecule has 0 atom stereocenters. The fourth-order valence-electron chi connectivity index (χ4n) is 5.44. The highest BCUT2D eigenvalue weighted by atomic mass is 35.5. The fourth-order valence-corrected chi connectivity index (χ4v) is 6.02. The second-order valence-electron chi connectivity index (χ2n) is 10.1. The summed E-state index contributed by atoms with van der Waals surface area (Å²) in [5.41, 5.74) is 3.89. The van der Waals surface area contributed by atoms with Crippen LogP contribution in [0.5, 0.6) is 11.5 Å². The van der Waals surface area contributed by atoms with Crippen molar-refractivity contribution in [2.24, 2.45) is 0 Å². The highest BCUT2D eigenvalue weighted by molar-refractivity contribution is 6.39. The number of carbonyl (C=O) groups is 2. The second kappa shape index (κ2) is 9.14. The van der Waals surface area contributed by atoms with Crippen LogP contribution in [0.3, 0.4) is 0 Å². The normalized spacial score (nSPS) is 16.9. The number of ether oxygens (including phenoxy) is 2. The molecule has 0 radical (unpaired) electrons. The van der Waals surface area contributed by atoms with Crippen molar-refractivity contribution in [1.29, 1.82) is 0 Å². The molecule has 2 aliphatic carbocycles. The van der Waals surface area contributed by atoms with Gasteiger partial charge in [-0.05, 0) is 73.7 Å². The number of benzene rings is 3. The molecular weight excluding hydrogens is 539 g/mol. The van der Waals surface area contributed by atoms with Gasteiger partial charge in [0.2, 0.25) is 5.91 Å². The molecule has 0 N–H and O–H groups in total. The lowest BCUT2D eigenvalue weighted by atomic mass is 9.98. The standard InChI is InChI=1S/C30H22Cl2N2O5/c31-23-5-2-6-24(32)26(23)27-21(28(39-33-27)17-7-8-17)15-37-20-9-10-25-22(14-20)30(11-12-30)29(36)34(25)18-3-1-4-19(13-18)38-16-35/h1-6,9-10,13-14,16-17H,7-8,11-12,15H2. The molecule has 3 aromatic carbocycles. The molecule has 2 heterocycles. The Bertz CT molecular complexity index is 1620. The van der Waals surface area contributed by atoms with Gasteiger partial charge in [0, 0.05) is 17.5 Å². The van der Waals surface area contributed by atoms with Crippen LogP contribution in [-0.2, 0) is 21.6 Å². The minimum Gasteiger partial charge on any atom is -0.489 e. The summed E-state index contributed by atoms with van der Waals surface area (Å²) in [6, 6.07) is 18.0. The van der Waals surface area contributed by atoms with Crippen LogP contribution in [0.1, 0.15) is 48.5 Å². The smallest absolute Gasteiger partial charge is 0.298 e. The van der Waals surface area contributed by atoms with Crippen LogP contribution in [0, 0.1) is 0 Å². The molecule has 0 unspecified atom stereocenters.